The Hall–Kier alpha value is -2.50. The summed E-state index contributed by atoms with van der Waals surface area (Å²) in [4.78, 5) is 27.3. The number of hydrogen-bond acceptors (Lipinski definition) is 4. The molecule has 3 aliphatic carbocycles. The van der Waals surface area contributed by atoms with Crippen molar-refractivity contribution in [2.24, 2.45) is 28.6 Å². The third-order valence-corrected chi connectivity index (χ3v) is 10.8. The van der Waals surface area contributed by atoms with Gasteiger partial charge in [0, 0.05) is 31.0 Å². The zero-order chi connectivity index (χ0) is 26.4. The zero-order valence-corrected chi connectivity index (χ0v) is 23.2. The Labute approximate surface area is 222 Å². The second kappa shape index (κ2) is 9.99. The Balaban J connectivity index is 1.19. The van der Waals surface area contributed by atoms with Gasteiger partial charge in [0.05, 0.1) is 14.2 Å². The fraction of sp³-hybridized carbons (Fsp3) is 0.677. The van der Waals surface area contributed by atoms with Gasteiger partial charge in [0.2, 0.25) is 11.8 Å². The molecule has 202 valence electrons. The average molecular weight is 509 g/mol. The second-order valence-corrected chi connectivity index (χ2v) is 12.4. The van der Waals surface area contributed by atoms with Crippen LogP contribution >= 0.6 is 0 Å². The molecule has 1 N–H and O–H groups in total. The van der Waals surface area contributed by atoms with Crippen molar-refractivity contribution < 1.29 is 19.1 Å². The summed E-state index contributed by atoms with van der Waals surface area (Å²) in [5.41, 5.74) is 1.40. The predicted octanol–water partition coefficient (Wildman–Crippen LogP) is 5.15. The molecule has 3 saturated carbocycles. The van der Waals surface area contributed by atoms with Crippen molar-refractivity contribution in [2.75, 3.05) is 21.3 Å². The molecule has 1 aromatic carbocycles. The molecule has 3 fully saturated rings. The largest absolute Gasteiger partial charge is 0.493 e. The van der Waals surface area contributed by atoms with Gasteiger partial charge in [-0.3, -0.25) is 9.59 Å². The van der Waals surface area contributed by atoms with E-state index in [1.54, 1.807) is 14.2 Å². The van der Waals surface area contributed by atoms with Crippen LogP contribution in [-0.2, 0) is 16.0 Å². The minimum absolute atomic E-state index is 0.0678. The van der Waals surface area contributed by atoms with Crippen molar-refractivity contribution in [3.63, 3.8) is 0 Å². The number of amides is 2. The molecule has 6 nitrogen and oxygen atoms in total. The predicted molar refractivity (Wildman–Crippen MR) is 144 cm³/mol. The Morgan fingerprint density at radius 1 is 1.05 bits per heavy atom. The van der Waals surface area contributed by atoms with E-state index in [9.17, 15) is 9.59 Å². The number of likely N-dealkylation sites (N-methyl/N-ethyl adjacent to an activating group) is 1. The number of ether oxygens (including phenoxy) is 2. The van der Waals surface area contributed by atoms with E-state index in [-0.39, 0.29) is 28.7 Å². The molecule has 5 rings (SSSR count). The first kappa shape index (κ1) is 26.1. The van der Waals surface area contributed by atoms with Gasteiger partial charge in [0.15, 0.2) is 11.5 Å². The number of aryl methyl sites for hydroxylation is 1. The van der Waals surface area contributed by atoms with Gasteiger partial charge in [0.25, 0.3) is 0 Å². The molecular weight excluding hydrogens is 464 g/mol. The zero-order valence-electron chi connectivity index (χ0n) is 23.2. The minimum atomic E-state index is 0.0678. The molecule has 0 radical (unpaired) electrons. The first-order chi connectivity index (χ1) is 17.7. The van der Waals surface area contributed by atoms with E-state index in [4.69, 9.17) is 9.47 Å². The van der Waals surface area contributed by atoms with Crippen molar-refractivity contribution in [3.8, 4) is 11.5 Å². The van der Waals surface area contributed by atoms with Gasteiger partial charge in [0.1, 0.15) is 0 Å². The van der Waals surface area contributed by atoms with Gasteiger partial charge >= 0.3 is 0 Å². The van der Waals surface area contributed by atoms with Crippen LogP contribution in [0, 0.1) is 28.6 Å². The molecule has 0 spiro atoms. The molecule has 1 aromatic rings. The highest BCUT2D eigenvalue weighted by Gasteiger charge is 2.60. The first-order valence-electron chi connectivity index (χ1n) is 14.2. The fourth-order valence-corrected chi connectivity index (χ4v) is 8.73. The number of fused-ring (bicyclic) bond motifs is 5. The summed E-state index contributed by atoms with van der Waals surface area (Å²) in [6, 6.07) is 6.56. The summed E-state index contributed by atoms with van der Waals surface area (Å²) in [5, 5.41) is 3.47. The average Bonchev–Trinajstić information content (AvgIpc) is 3.22. The molecule has 0 saturated heterocycles. The molecule has 37 heavy (non-hydrogen) atoms. The third-order valence-electron chi connectivity index (χ3n) is 10.8. The summed E-state index contributed by atoms with van der Waals surface area (Å²) in [7, 11) is 5.27. The van der Waals surface area contributed by atoms with Crippen molar-refractivity contribution in [1.29, 1.82) is 0 Å². The molecule has 4 aliphatic rings. The van der Waals surface area contributed by atoms with E-state index in [1.165, 1.54) is 19.3 Å². The Morgan fingerprint density at radius 3 is 2.59 bits per heavy atom. The Bertz CT molecular complexity index is 1070. The van der Waals surface area contributed by atoms with Gasteiger partial charge < -0.3 is 19.7 Å². The number of methoxy groups -OCH3 is 2. The summed E-state index contributed by atoms with van der Waals surface area (Å²) in [5.74, 6) is 3.74. The maximum atomic E-state index is 13.0. The quantitative estimate of drug-likeness (QED) is 0.553. The normalized spacial score (nSPS) is 36.4. The molecule has 2 amide bonds. The van der Waals surface area contributed by atoms with Crippen LogP contribution in [0.25, 0.3) is 0 Å². The van der Waals surface area contributed by atoms with E-state index in [0.717, 1.165) is 49.2 Å². The number of benzene rings is 1. The molecule has 0 unspecified atom stereocenters. The SMILES string of the molecule is COc1ccc(CCCC(=O)N[C@H]2CC[C@H]3[C@@H]4CC[C@H]5N(C)C(=O)C=C[C@]5(C)[C@H]4CC[C@]23C)cc1OC. The maximum absolute atomic E-state index is 13.0. The summed E-state index contributed by atoms with van der Waals surface area (Å²) in [6.07, 6.45) is 13.2. The van der Waals surface area contributed by atoms with Crippen LogP contribution in [0.5, 0.6) is 11.5 Å². The van der Waals surface area contributed by atoms with Crippen LogP contribution in [0.4, 0.5) is 0 Å². The molecule has 0 bridgehead atoms. The lowest BCUT2D eigenvalue weighted by Gasteiger charge is -2.60. The topological polar surface area (TPSA) is 67.9 Å². The number of nitrogens with one attached hydrogen (secondary N) is 1. The maximum Gasteiger partial charge on any atom is 0.246 e. The number of carbonyl (C=O) groups is 2. The summed E-state index contributed by atoms with van der Waals surface area (Å²) >= 11 is 0. The van der Waals surface area contributed by atoms with Crippen molar-refractivity contribution in [3.05, 3.63) is 35.9 Å². The summed E-state index contributed by atoms with van der Waals surface area (Å²) < 4.78 is 10.7. The van der Waals surface area contributed by atoms with Crippen LogP contribution in [0.15, 0.2) is 30.4 Å². The molecule has 0 aromatic heterocycles. The number of nitrogens with zero attached hydrogens (tertiary/aromatic N) is 1. The molecular formula is C31H44N2O4. The monoisotopic (exact) mass is 508 g/mol. The number of rotatable bonds is 7. The van der Waals surface area contributed by atoms with E-state index in [1.807, 2.05) is 36.2 Å². The highest BCUT2D eigenvalue weighted by Crippen LogP contribution is 2.63. The highest BCUT2D eigenvalue weighted by molar-refractivity contribution is 5.89. The number of carbonyl (C=O) groups excluding carboxylic acids is 2. The lowest BCUT2D eigenvalue weighted by atomic mass is 9.48. The van der Waals surface area contributed by atoms with Crippen LogP contribution in [-0.4, -0.2) is 50.1 Å². The molecule has 7 atom stereocenters. The van der Waals surface area contributed by atoms with Crippen molar-refractivity contribution >= 4 is 11.8 Å². The van der Waals surface area contributed by atoms with Crippen molar-refractivity contribution in [2.45, 2.75) is 83.7 Å². The van der Waals surface area contributed by atoms with Crippen LogP contribution < -0.4 is 14.8 Å². The number of hydrogen-bond donors (Lipinski definition) is 1. The van der Waals surface area contributed by atoms with Crippen LogP contribution in [0.1, 0.15) is 70.8 Å². The van der Waals surface area contributed by atoms with E-state index in [0.29, 0.717) is 30.2 Å². The smallest absolute Gasteiger partial charge is 0.246 e. The standard InChI is InChI=1S/C31H44N2O4/c1-30-17-15-23-21(10-14-27-31(23,2)18-16-29(35)33(27)3)22(30)11-13-26(30)32-28(34)8-6-7-20-9-12-24(36-4)25(19-20)37-5/h9,12,16,18-19,21-23,26-27H,6-8,10-11,13-15,17H2,1-5H3,(H,32,34)/t21-,22-,23-,26-,27+,30-,31+/m0/s1. The van der Waals surface area contributed by atoms with Crippen LogP contribution in [0.3, 0.4) is 0 Å². The van der Waals surface area contributed by atoms with Gasteiger partial charge in [-0.2, -0.15) is 0 Å². The fourth-order valence-electron chi connectivity index (χ4n) is 8.73. The first-order valence-corrected chi connectivity index (χ1v) is 14.2. The molecule has 1 heterocycles. The van der Waals surface area contributed by atoms with Gasteiger partial charge in [-0.05, 0) is 98.3 Å². The van der Waals surface area contributed by atoms with Crippen molar-refractivity contribution in [1.82, 2.24) is 10.2 Å². The Morgan fingerprint density at radius 2 is 1.84 bits per heavy atom. The molecule has 1 aliphatic heterocycles. The lowest BCUT2D eigenvalue weighted by Crippen LogP contribution is -2.60. The summed E-state index contributed by atoms with van der Waals surface area (Å²) in [6.45, 7) is 4.83. The minimum Gasteiger partial charge on any atom is -0.493 e. The van der Waals surface area contributed by atoms with Crippen LogP contribution in [0.2, 0.25) is 0 Å². The second-order valence-electron chi connectivity index (χ2n) is 12.4. The van der Waals surface area contributed by atoms with Gasteiger partial charge in [-0.15, -0.1) is 0 Å². The van der Waals surface area contributed by atoms with E-state index in [2.05, 4.69) is 25.2 Å². The Kier molecular flexibility index (Phi) is 7.06. The lowest BCUT2D eigenvalue weighted by molar-refractivity contribution is -0.138. The van der Waals surface area contributed by atoms with E-state index < -0.39 is 0 Å². The molecule has 6 heteroatoms. The van der Waals surface area contributed by atoms with Gasteiger partial charge in [-0.25, -0.2) is 0 Å². The highest BCUT2D eigenvalue weighted by atomic mass is 16.5. The van der Waals surface area contributed by atoms with E-state index >= 15 is 0 Å². The third kappa shape index (κ3) is 4.44. The van der Waals surface area contributed by atoms with Gasteiger partial charge in [-0.1, -0.05) is 26.0 Å².